The van der Waals surface area contributed by atoms with Gasteiger partial charge in [0.25, 0.3) is 0 Å². The minimum Gasteiger partial charge on any atom is -0.293 e. The lowest BCUT2D eigenvalue weighted by atomic mass is 10.2. The standard InChI is InChI=1S/C8H9OS/c9-7-5-10-8-4-2-1-3-6(7)8/h1-4H,5H2,10H3. The molecule has 10 heavy (non-hydrogen) atoms. The summed E-state index contributed by atoms with van der Waals surface area (Å²) in [5.74, 6) is 1.13. The molecule has 1 nitrogen and oxygen atoms in total. The summed E-state index contributed by atoms with van der Waals surface area (Å²) >= 11 is 0.253. The van der Waals surface area contributed by atoms with E-state index in [1.165, 1.54) is 4.90 Å². The van der Waals surface area contributed by atoms with Gasteiger partial charge in [0, 0.05) is 11.3 Å². The van der Waals surface area contributed by atoms with Crippen LogP contribution in [0.2, 0.25) is 0 Å². The number of ketones is 1. The first-order valence-corrected chi connectivity index (χ1v) is 4.73. The number of Topliss-reactive ketones (excluding diaryl/α,β-unsaturated/α-hetero) is 1. The van der Waals surface area contributed by atoms with Crippen LogP contribution in [0.4, 0.5) is 0 Å². The van der Waals surface area contributed by atoms with Crippen LogP contribution in [0.25, 0.3) is 0 Å². The number of benzene rings is 1. The summed E-state index contributed by atoms with van der Waals surface area (Å²) < 4.78 is 0. The molecule has 0 spiro atoms. The minimum atomic E-state index is 0.253. The van der Waals surface area contributed by atoms with Crippen LogP contribution < -0.4 is 0 Å². The number of fused-ring (bicyclic) bond motifs is 1. The first-order valence-electron chi connectivity index (χ1n) is 3.33. The Labute approximate surface area is 63.4 Å². The van der Waals surface area contributed by atoms with Crippen LogP contribution in [0.5, 0.6) is 0 Å². The fourth-order valence-electron chi connectivity index (χ4n) is 1.24. The third-order valence-electron chi connectivity index (χ3n) is 1.77. The summed E-state index contributed by atoms with van der Waals surface area (Å²) in [4.78, 5) is 12.4. The van der Waals surface area contributed by atoms with Crippen molar-refractivity contribution in [3.8, 4) is 0 Å². The molecule has 2 rings (SSSR count). The Morgan fingerprint density at radius 2 is 2.10 bits per heavy atom. The van der Waals surface area contributed by atoms with E-state index in [1.54, 1.807) is 0 Å². The lowest BCUT2D eigenvalue weighted by Crippen LogP contribution is -1.93. The third-order valence-corrected chi connectivity index (χ3v) is 3.29. The molecule has 0 N–H and O–H groups in total. The molecule has 1 aromatic rings. The Bertz CT molecular complexity index is 280. The third kappa shape index (κ3) is 0.762. The molecular formula is C8H9OS. The zero-order chi connectivity index (χ0) is 6.97. The zero-order valence-electron chi connectivity index (χ0n) is 5.50. The highest BCUT2D eigenvalue weighted by Gasteiger charge is 2.15. The Morgan fingerprint density at radius 3 is 2.90 bits per heavy atom. The number of carbonyl (C=O) groups is 1. The summed E-state index contributed by atoms with van der Waals surface area (Å²) in [6.07, 6.45) is 0. The summed E-state index contributed by atoms with van der Waals surface area (Å²) in [6, 6.07) is 7.93. The Hall–Kier alpha value is -0.760. The molecule has 0 fully saturated rings. The largest absolute Gasteiger partial charge is 0.293 e. The van der Waals surface area contributed by atoms with E-state index < -0.39 is 0 Å². The van der Waals surface area contributed by atoms with E-state index in [1.807, 2.05) is 18.2 Å². The highest BCUT2D eigenvalue weighted by molar-refractivity contribution is 8.00. The molecule has 0 amide bonds. The van der Waals surface area contributed by atoms with E-state index in [0.29, 0.717) is 5.78 Å². The van der Waals surface area contributed by atoms with Crippen LogP contribution in [0.1, 0.15) is 10.4 Å². The number of carbonyl (C=O) groups excluding carboxylic acids is 1. The summed E-state index contributed by atoms with van der Waals surface area (Å²) in [6.45, 7) is 0. The van der Waals surface area contributed by atoms with Gasteiger partial charge in [-0.05, 0) is 4.90 Å². The van der Waals surface area contributed by atoms with Gasteiger partial charge in [0.2, 0.25) is 0 Å². The maximum absolute atomic E-state index is 11.1. The maximum Gasteiger partial charge on any atom is 0.171 e. The smallest absolute Gasteiger partial charge is 0.171 e. The van der Waals surface area contributed by atoms with Gasteiger partial charge in [-0.1, -0.05) is 24.3 Å². The monoisotopic (exact) mass is 153 g/mol. The van der Waals surface area contributed by atoms with Crippen LogP contribution in [0.3, 0.4) is 0 Å². The SMILES string of the molecule is O=C1C[SH3]c2ccccc21. The van der Waals surface area contributed by atoms with Crippen molar-refractivity contribution >= 4 is 17.5 Å². The highest BCUT2D eigenvalue weighted by Crippen LogP contribution is 2.30. The van der Waals surface area contributed by atoms with Crippen molar-refractivity contribution in [2.24, 2.45) is 0 Å². The highest BCUT2D eigenvalue weighted by atomic mass is 32.2. The van der Waals surface area contributed by atoms with Gasteiger partial charge >= 0.3 is 0 Å². The van der Waals surface area contributed by atoms with Crippen molar-refractivity contribution in [3.05, 3.63) is 29.8 Å². The van der Waals surface area contributed by atoms with Crippen molar-refractivity contribution in [1.82, 2.24) is 0 Å². The van der Waals surface area contributed by atoms with E-state index in [9.17, 15) is 4.79 Å². The Kier molecular flexibility index (Phi) is 1.27. The predicted octanol–water partition coefficient (Wildman–Crippen LogP) is 1.17. The van der Waals surface area contributed by atoms with E-state index in [0.717, 1.165) is 11.3 Å². The van der Waals surface area contributed by atoms with Crippen molar-refractivity contribution < 1.29 is 4.79 Å². The lowest BCUT2D eigenvalue weighted by molar-refractivity contribution is 0.102. The molecular weight excluding hydrogens is 144 g/mol. The van der Waals surface area contributed by atoms with Crippen molar-refractivity contribution in [2.45, 2.75) is 4.90 Å². The quantitative estimate of drug-likeness (QED) is 0.547. The normalized spacial score (nSPS) is 16.2. The molecule has 1 aliphatic heterocycles. The second-order valence-corrected chi connectivity index (χ2v) is 3.86. The molecule has 0 aromatic heterocycles. The molecule has 0 bridgehead atoms. The molecule has 0 atom stereocenters. The minimum absolute atomic E-state index is 0.253. The number of hydrogen-bond donors (Lipinski definition) is 0. The van der Waals surface area contributed by atoms with Gasteiger partial charge < -0.3 is 0 Å². The van der Waals surface area contributed by atoms with Crippen LogP contribution in [0, 0.1) is 0 Å². The van der Waals surface area contributed by atoms with Crippen LogP contribution in [-0.2, 0) is 0 Å². The molecule has 1 radical (unpaired) electrons. The first kappa shape index (κ1) is 5.98. The van der Waals surface area contributed by atoms with Crippen molar-refractivity contribution in [3.63, 3.8) is 0 Å². The summed E-state index contributed by atoms with van der Waals surface area (Å²) in [5, 5.41) is 0. The van der Waals surface area contributed by atoms with E-state index in [4.69, 9.17) is 0 Å². The van der Waals surface area contributed by atoms with E-state index in [-0.39, 0.29) is 11.8 Å². The average molecular weight is 153 g/mol. The topological polar surface area (TPSA) is 17.1 Å². The van der Waals surface area contributed by atoms with Crippen molar-refractivity contribution in [2.75, 3.05) is 5.75 Å². The molecule has 1 aliphatic rings. The summed E-state index contributed by atoms with van der Waals surface area (Å²) in [5.41, 5.74) is 0.970. The van der Waals surface area contributed by atoms with Gasteiger partial charge in [0.1, 0.15) is 0 Å². The van der Waals surface area contributed by atoms with Gasteiger partial charge in [0.15, 0.2) is 5.78 Å². The fourth-order valence-corrected chi connectivity index (χ4v) is 2.59. The molecule has 2 heteroatoms. The number of rotatable bonds is 0. The molecule has 0 saturated heterocycles. The zero-order valence-corrected chi connectivity index (χ0v) is 6.66. The van der Waals surface area contributed by atoms with Crippen molar-refractivity contribution in [1.29, 1.82) is 0 Å². The maximum atomic E-state index is 11.1. The van der Waals surface area contributed by atoms with Gasteiger partial charge in [-0.3, -0.25) is 16.6 Å². The van der Waals surface area contributed by atoms with Crippen LogP contribution in [-0.4, -0.2) is 11.5 Å². The lowest BCUT2D eigenvalue weighted by Gasteiger charge is -1.93. The fraction of sp³-hybridized carbons (Fsp3) is 0.125. The molecule has 0 saturated carbocycles. The number of hydrogen-bond acceptors (Lipinski definition) is 1. The Balaban J connectivity index is 2.61. The average Bonchev–Trinajstić information content (AvgIpc) is 2.34. The van der Waals surface area contributed by atoms with Gasteiger partial charge in [0.05, 0.1) is 0 Å². The molecule has 1 aromatic carbocycles. The van der Waals surface area contributed by atoms with Gasteiger partial charge in [-0.25, -0.2) is 0 Å². The predicted molar refractivity (Wildman–Crippen MR) is 45.7 cm³/mol. The van der Waals surface area contributed by atoms with E-state index in [2.05, 4.69) is 6.07 Å². The molecule has 53 valence electrons. The molecule has 0 unspecified atom stereocenters. The van der Waals surface area contributed by atoms with Crippen LogP contribution in [0.15, 0.2) is 29.2 Å². The molecule has 0 aliphatic carbocycles. The second-order valence-electron chi connectivity index (χ2n) is 2.42. The summed E-state index contributed by atoms with van der Waals surface area (Å²) in [7, 11) is 0. The van der Waals surface area contributed by atoms with Gasteiger partial charge in [-0.15, -0.1) is 0 Å². The van der Waals surface area contributed by atoms with Gasteiger partial charge in [-0.2, -0.15) is 0 Å². The van der Waals surface area contributed by atoms with Crippen LogP contribution >= 0.6 is 11.8 Å². The second kappa shape index (κ2) is 2.13. The first-order chi connectivity index (χ1) is 4.88. The Morgan fingerprint density at radius 1 is 1.30 bits per heavy atom. The van der Waals surface area contributed by atoms with E-state index >= 15 is 0 Å². The molecule has 1 heterocycles.